The van der Waals surface area contributed by atoms with Gasteiger partial charge in [-0.1, -0.05) is 20.3 Å². The lowest BCUT2D eigenvalue weighted by molar-refractivity contribution is 0.0723. The SMILES string of the molecule is CCC(C)CC(O)C1CCOC1. The van der Waals surface area contributed by atoms with E-state index in [1.807, 2.05) is 0 Å². The first-order chi connectivity index (χ1) is 5.74. The fourth-order valence-electron chi connectivity index (χ4n) is 1.63. The van der Waals surface area contributed by atoms with Crippen LogP contribution in [0.5, 0.6) is 0 Å². The van der Waals surface area contributed by atoms with Crippen molar-refractivity contribution in [2.24, 2.45) is 11.8 Å². The van der Waals surface area contributed by atoms with Crippen molar-refractivity contribution in [1.82, 2.24) is 0 Å². The highest BCUT2D eigenvalue weighted by atomic mass is 16.5. The van der Waals surface area contributed by atoms with Crippen LogP contribution >= 0.6 is 0 Å². The molecule has 3 unspecified atom stereocenters. The van der Waals surface area contributed by atoms with Crippen LogP contribution in [0, 0.1) is 11.8 Å². The van der Waals surface area contributed by atoms with Crippen molar-refractivity contribution >= 4 is 0 Å². The fraction of sp³-hybridized carbons (Fsp3) is 1.00. The molecule has 0 amide bonds. The van der Waals surface area contributed by atoms with E-state index in [-0.39, 0.29) is 6.10 Å². The molecule has 1 aliphatic heterocycles. The average Bonchev–Trinajstić information content (AvgIpc) is 2.56. The van der Waals surface area contributed by atoms with Crippen molar-refractivity contribution in [2.75, 3.05) is 13.2 Å². The molecule has 2 heteroatoms. The first kappa shape index (κ1) is 10.0. The lowest BCUT2D eigenvalue weighted by Gasteiger charge is -2.19. The molecule has 3 atom stereocenters. The van der Waals surface area contributed by atoms with Gasteiger partial charge in [-0.2, -0.15) is 0 Å². The van der Waals surface area contributed by atoms with Crippen LogP contribution in [0.3, 0.4) is 0 Å². The van der Waals surface area contributed by atoms with Crippen LogP contribution in [-0.4, -0.2) is 24.4 Å². The van der Waals surface area contributed by atoms with Crippen LogP contribution in [0.2, 0.25) is 0 Å². The highest BCUT2D eigenvalue weighted by Crippen LogP contribution is 2.22. The van der Waals surface area contributed by atoms with Crippen LogP contribution in [0.1, 0.15) is 33.1 Å². The van der Waals surface area contributed by atoms with Gasteiger partial charge in [-0.25, -0.2) is 0 Å². The number of aliphatic hydroxyl groups excluding tert-OH is 1. The summed E-state index contributed by atoms with van der Waals surface area (Å²) in [5.41, 5.74) is 0. The van der Waals surface area contributed by atoms with Gasteiger partial charge in [-0.3, -0.25) is 0 Å². The Bertz CT molecular complexity index is 119. The van der Waals surface area contributed by atoms with E-state index in [0.29, 0.717) is 11.8 Å². The van der Waals surface area contributed by atoms with E-state index in [0.717, 1.165) is 32.5 Å². The molecule has 1 aliphatic rings. The van der Waals surface area contributed by atoms with E-state index in [4.69, 9.17) is 4.74 Å². The number of hydrogen-bond acceptors (Lipinski definition) is 2. The maximum absolute atomic E-state index is 9.77. The lowest BCUT2D eigenvalue weighted by atomic mass is 9.92. The minimum Gasteiger partial charge on any atom is -0.393 e. The molecule has 1 heterocycles. The molecule has 0 aromatic carbocycles. The zero-order valence-corrected chi connectivity index (χ0v) is 8.12. The van der Waals surface area contributed by atoms with Gasteiger partial charge in [0, 0.05) is 12.5 Å². The highest BCUT2D eigenvalue weighted by molar-refractivity contribution is 4.74. The fourth-order valence-corrected chi connectivity index (χ4v) is 1.63. The Morgan fingerprint density at radius 1 is 1.58 bits per heavy atom. The molecule has 0 aromatic rings. The van der Waals surface area contributed by atoms with Gasteiger partial charge < -0.3 is 9.84 Å². The summed E-state index contributed by atoms with van der Waals surface area (Å²) in [7, 11) is 0. The molecule has 1 saturated heterocycles. The second kappa shape index (κ2) is 4.83. The average molecular weight is 172 g/mol. The van der Waals surface area contributed by atoms with Gasteiger partial charge in [-0.05, 0) is 18.8 Å². The quantitative estimate of drug-likeness (QED) is 0.701. The predicted octanol–water partition coefficient (Wildman–Crippen LogP) is 1.82. The summed E-state index contributed by atoms with van der Waals surface area (Å²) in [6.07, 6.45) is 3.00. The summed E-state index contributed by atoms with van der Waals surface area (Å²) in [5.74, 6) is 1.04. The van der Waals surface area contributed by atoms with Gasteiger partial charge in [0.25, 0.3) is 0 Å². The van der Waals surface area contributed by atoms with Crippen LogP contribution in [0.15, 0.2) is 0 Å². The van der Waals surface area contributed by atoms with E-state index in [1.54, 1.807) is 0 Å². The second-order valence-corrected chi connectivity index (χ2v) is 3.94. The third kappa shape index (κ3) is 2.76. The van der Waals surface area contributed by atoms with Crippen molar-refractivity contribution in [3.8, 4) is 0 Å². The van der Waals surface area contributed by atoms with Crippen LogP contribution in [0.4, 0.5) is 0 Å². The topological polar surface area (TPSA) is 29.5 Å². The first-order valence-electron chi connectivity index (χ1n) is 4.99. The normalized spacial score (nSPS) is 28.8. The third-order valence-corrected chi connectivity index (χ3v) is 2.85. The lowest BCUT2D eigenvalue weighted by Crippen LogP contribution is -2.22. The highest BCUT2D eigenvalue weighted by Gasteiger charge is 2.24. The minimum absolute atomic E-state index is 0.137. The molecule has 12 heavy (non-hydrogen) atoms. The summed E-state index contributed by atoms with van der Waals surface area (Å²) >= 11 is 0. The maximum atomic E-state index is 9.77. The van der Waals surface area contributed by atoms with Crippen molar-refractivity contribution in [2.45, 2.75) is 39.2 Å². The molecule has 0 aliphatic carbocycles. The Morgan fingerprint density at radius 3 is 2.83 bits per heavy atom. The standard InChI is InChI=1S/C10H20O2/c1-3-8(2)6-10(11)9-4-5-12-7-9/h8-11H,3-7H2,1-2H3. The van der Waals surface area contributed by atoms with E-state index < -0.39 is 0 Å². The van der Waals surface area contributed by atoms with E-state index in [9.17, 15) is 5.11 Å². The maximum Gasteiger partial charge on any atom is 0.0593 e. The molecule has 0 spiro atoms. The van der Waals surface area contributed by atoms with Gasteiger partial charge in [0.2, 0.25) is 0 Å². The van der Waals surface area contributed by atoms with E-state index in [1.165, 1.54) is 0 Å². The van der Waals surface area contributed by atoms with Gasteiger partial charge >= 0.3 is 0 Å². The molecule has 0 saturated carbocycles. The Kier molecular flexibility index (Phi) is 4.02. The largest absolute Gasteiger partial charge is 0.393 e. The Labute approximate surface area is 74.9 Å². The van der Waals surface area contributed by atoms with Crippen molar-refractivity contribution in [1.29, 1.82) is 0 Å². The number of aliphatic hydroxyl groups is 1. The zero-order valence-electron chi connectivity index (χ0n) is 8.12. The van der Waals surface area contributed by atoms with Gasteiger partial charge in [0.1, 0.15) is 0 Å². The molecule has 0 bridgehead atoms. The summed E-state index contributed by atoms with van der Waals surface area (Å²) in [4.78, 5) is 0. The van der Waals surface area contributed by atoms with Gasteiger partial charge in [-0.15, -0.1) is 0 Å². The molecule has 0 aromatic heterocycles. The molecule has 2 nitrogen and oxygen atoms in total. The third-order valence-electron chi connectivity index (χ3n) is 2.85. The minimum atomic E-state index is -0.137. The molecule has 1 rings (SSSR count). The van der Waals surface area contributed by atoms with Crippen LogP contribution in [-0.2, 0) is 4.74 Å². The smallest absolute Gasteiger partial charge is 0.0593 e. The van der Waals surface area contributed by atoms with Crippen molar-refractivity contribution in [3.63, 3.8) is 0 Å². The molecule has 72 valence electrons. The molecular weight excluding hydrogens is 152 g/mol. The number of ether oxygens (including phenoxy) is 1. The summed E-state index contributed by atoms with van der Waals surface area (Å²) in [6.45, 7) is 5.96. The number of hydrogen-bond donors (Lipinski definition) is 1. The molecule has 1 N–H and O–H groups in total. The van der Waals surface area contributed by atoms with E-state index >= 15 is 0 Å². The Hall–Kier alpha value is -0.0800. The summed E-state index contributed by atoms with van der Waals surface area (Å²) in [6, 6.07) is 0. The van der Waals surface area contributed by atoms with Gasteiger partial charge in [0.15, 0.2) is 0 Å². The van der Waals surface area contributed by atoms with E-state index in [2.05, 4.69) is 13.8 Å². The molecule has 1 fully saturated rings. The van der Waals surface area contributed by atoms with Crippen LogP contribution in [0.25, 0.3) is 0 Å². The van der Waals surface area contributed by atoms with Crippen molar-refractivity contribution in [3.05, 3.63) is 0 Å². The summed E-state index contributed by atoms with van der Waals surface area (Å²) < 4.78 is 5.23. The monoisotopic (exact) mass is 172 g/mol. The van der Waals surface area contributed by atoms with Crippen molar-refractivity contribution < 1.29 is 9.84 Å². The first-order valence-corrected chi connectivity index (χ1v) is 4.99. The van der Waals surface area contributed by atoms with Gasteiger partial charge in [0.05, 0.1) is 12.7 Å². The predicted molar refractivity (Wildman–Crippen MR) is 49.0 cm³/mol. The summed E-state index contributed by atoms with van der Waals surface area (Å²) in [5, 5.41) is 9.77. The second-order valence-electron chi connectivity index (χ2n) is 3.94. The molecule has 0 radical (unpaired) electrons. The zero-order chi connectivity index (χ0) is 8.97. The Morgan fingerprint density at radius 2 is 2.33 bits per heavy atom. The van der Waals surface area contributed by atoms with Crippen LogP contribution < -0.4 is 0 Å². The Balaban J connectivity index is 2.21. The molecular formula is C10H20O2. The number of rotatable bonds is 4.